The third kappa shape index (κ3) is 5.88. The summed E-state index contributed by atoms with van der Waals surface area (Å²) in [7, 11) is -9.26. The summed E-state index contributed by atoms with van der Waals surface area (Å²) in [5.41, 5.74) is -0.673. The Balaban J connectivity index is 1.59. The topological polar surface area (TPSA) is 168 Å². The highest BCUT2D eigenvalue weighted by molar-refractivity contribution is 7.81. The van der Waals surface area contributed by atoms with E-state index in [2.05, 4.69) is 13.8 Å². The quantitative estimate of drug-likeness (QED) is 0.247. The number of hydrogen-bond donors (Lipinski definition) is 4. The SMILES string of the molecule is CC(C)/C=C/[C@@H](COS(=O)(=O)O)[C@H]1CC[C@H]2[C@@H]3CC[C@@H]4[C@H](O)[C@H](OS(=O)(=O)O)CC[C@]4(C)[C@H]3[C@@H](O)C[C@]12C. The Hall–Kier alpha value is -0.600. The summed E-state index contributed by atoms with van der Waals surface area (Å²) in [6.07, 6.45) is 5.92. The average Bonchev–Trinajstić information content (AvgIpc) is 3.10. The highest BCUT2D eigenvalue weighted by Crippen LogP contribution is 2.68. The van der Waals surface area contributed by atoms with Crippen molar-refractivity contribution in [1.29, 1.82) is 0 Å². The second-order valence-electron chi connectivity index (χ2n) is 13.0. The van der Waals surface area contributed by atoms with Gasteiger partial charge in [0.05, 0.1) is 18.8 Å². The van der Waals surface area contributed by atoms with Gasteiger partial charge in [0.1, 0.15) is 6.10 Å². The van der Waals surface area contributed by atoms with E-state index >= 15 is 0 Å². The van der Waals surface area contributed by atoms with Crippen LogP contribution in [0.15, 0.2) is 12.2 Å². The van der Waals surface area contributed by atoms with Gasteiger partial charge in [-0.3, -0.25) is 9.11 Å². The maximum atomic E-state index is 11.7. The number of aliphatic hydroxyl groups excluding tert-OH is 2. The maximum absolute atomic E-state index is 11.7. The highest BCUT2D eigenvalue weighted by atomic mass is 32.3. The summed E-state index contributed by atoms with van der Waals surface area (Å²) in [6, 6.07) is 0. The smallest absolute Gasteiger partial charge is 0.393 e. The molecular formula is C26H44O10S2. The fourth-order valence-corrected chi connectivity index (χ4v) is 10.1. The Morgan fingerprint density at radius 3 is 2.16 bits per heavy atom. The van der Waals surface area contributed by atoms with E-state index in [1.54, 1.807) is 0 Å². The summed E-state index contributed by atoms with van der Waals surface area (Å²) < 4.78 is 73.4. The van der Waals surface area contributed by atoms with E-state index in [4.69, 9.17) is 12.9 Å². The number of rotatable bonds is 8. The molecule has 4 N–H and O–H groups in total. The van der Waals surface area contributed by atoms with E-state index in [0.29, 0.717) is 25.2 Å². The third-order valence-electron chi connectivity index (χ3n) is 10.6. The van der Waals surface area contributed by atoms with Gasteiger partial charge in [-0.15, -0.1) is 0 Å². The second kappa shape index (κ2) is 10.7. The van der Waals surface area contributed by atoms with Gasteiger partial charge >= 0.3 is 20.8 Å². The van der Waals surface area contributed by atoms with Crippen molar-refractivity contribution >= 4 is 20.8 Å². The molecule has 0 bridgehead atoms. The second-order valence-corrected chi connectivity index (χ2v) is 15.2. The molecule has 4 saturated carbocycles. The predicted octanol–water partition coefficient (Wildman–Crippen LogP) is 3.42. The van der Waals surface area contributed by atoms with Crippen molar-refractivity contribution in [2.75, 3.05) is 6.61 Å². The van der Waals surface area contributed by atoms with Gasteiger partial charge in [0.25, 0.3) is 0 Å². The minimum atomic E-state index is -4.69. The molecule has 12 heteroatoms. The molecule has 0 unspecified atom stereocenters. The van der Waals surface area contributed by atoms with Crippen LogP contribution < -0.4 is 0 Å². The standard InChI is InChI=1S/C26H44O10S2/c1-15(2)5-6-16(14-35-37(29,30)31)18-9-10-19-17-7-8-20-24(28)22(36-38(32,33)34)11-12-25(20,3)23(17)21(27)13-26(18,19)4/h5-6,15-24,27-28H,7-14H2,1-4H3,(H,29,30,31)(H,32,33,34)/b6-5+/t16-,17-,18+,19-,20+,21-,22+,23+,24-,25-,26+/m0/s1. The van der Waals surface area contributed by atoms with Gasteiger partial charge in [-0.25, -0.2) is 8.37 Å². The summed E-state index contributed by atoms with van der Waals surface area (Å²) >= 11 is 0. The number of fused-ring (bicyclic) bond motifs is 5. The van der Waals surface area contributed by atoms with Crippen LogP contribution in [-0.4, -0.2) is 61.1 Å². The zero-order valence-electron chi connectivity index (χ0n) is 22.6. The van der Waals surface area contributed by atoms with E-state index in [-0.39, 0.29) is 54.0 Å². The first-order chi connectivity index (χ1) is 17.5. The molecule has 4 rings (SSSR count). The molecule has 10 nitrogen and oxygen atoms in total. The summed E-state index contributed by atoms with van der Waals surface area (Å²) in [5.74, 6) is 0.260. The average molecular weight is 581 g/mol. The van der Waals surface area contributed by atoms with Gasteiger partial charge in [-0.05, 0) is 91.3 Å². The molecule has 0 saturated heterocycles. The minimum absolute atomic E-state index is 0.0647. The van der Waals surface area contributed by atoms with Crippen molar-refractivity contribution < 1.29 is 44.5 Å². The van der Waals surface area contributed by atoms with Crippen molar-refractivity contribution in [3.05, 3.63) is 12.2 Å². The van der Waals surface area contributed by atoms with Gasteiger partial charge < -0.3 is 10.2 Å². The number of allylic oxidation sites excluding steroid dienone is 1. The minimum Gasteiger partial charge on any atom is -0.393 e. The van der Waals surface area contributed by atoms with Crippen LogP contribution >= 0.6 is 0 Å². The highest BCUT2D eigenvalue weighted by Gasteiger charge is 2.65. The van der Waals surface area contributed by atoms with Crippen LogP contribution in [0.2, 0.25) is 0 Å². The third-order valence-corrected chi connectivity index (χ3v) is 11.5. The first-order valence-electron chi connectivity index (χ1n) is 13.8. The molecule has 220 valence electrons. The molecule has 0 aromatic rings. The number of aliphatic hydroxyl groups is 2. The lowest BCUT2D eigenvalue weighted by atomic mass is 9.43. The lowest BCUT2D eigenvalue weighted by molar-refractivity contribution is -0.204. The molecule has 0 spiro atoms. The summed E-state index contributed by atoms with van der Waals surface area (Å²) in [5, 5.41) is 22.8. The molecule has 4 fully saturated rings. The molecule has 4 aliphatic carbocycles. The predicted molar refractivity (Wildman–Crippen MR) is 139 cm³/mol. The van der Waals surface area contributed by atoms with Gasteiger partial charge in [-0.1, -0.05) is 39.8 Å². The van der Waals surface area contributed by atoms with Crippen molar-refractivity contribution in [2.24, 2.45) is 52.3 Å². The molecule has 0 heterocycles. The molecule has 38 heavy (non-hydrogen) atoms. The molecule has 0 radical (unpaired) electrons. The van der Waals surface area contributed by atoms with Crippen LogP contribution in [0.3, 0.4) is 0 Å². The van der Waals surface area contributed by atoms with Crippen LogP contribution in [-0.2, 0) is 29.2 Å². The van der Waals surface area contributed by atoms with Gasteiger partial charge in [0.15, 0.2) is 0 Å². The van der Waals surface area contributed by atoms with E-state index in [9.17, 15) is 31.6 Å². The Morgan fingerprint density at radius 2 is 1.55 bits per heavy atom. The Morgan fingerprint density at radius 1 is 0.895 bits per heavy atom. The summed E-state index contributed by atoms with van der Waals surface area (Å²) in [6.45, 7) is 8.20. The fraction of sp³-hybridized carbons (Fsp3) is 0.923. The molecular weight excluding hydrogens is 536 g/mol. The van der Waals surface area contributed by atoms with Crippen LogP contribution in [0.25, 0.3) is 0 Å². The van der Waals surface area contributed by atoms with Crippen LogP contribution in [0.5, 0.6) is 0 Å². The largest absolute Gasteiger partial charge is 0.397 e. The van der Waals surface area contributed by atoms with E-state index in [1.165, 1.54) is 0 Å². The van der Waals surface area contributed by atoms with Crippen molar-refractivity contribution in [1.82, 2.24) is 0 Å². The van der Waals surface area contributed by atoms with E-state index < -0.39 is 44.5 Å². The summed E-state index contributed by atoms with van der Waals surface area (Å²) in [4.78, 5) is 0. The zero-order valence-corrected chi connectivity index (χ0v) is 24.3. The van der Waals surface area contributed by atoms with Gasteiger partial charge in [0.2, 0.25) is 0 Å². The van der Waals surface area contributed by atoms with Gasteiger partial charge in [-0.2, -0.15) is 16.8 Å². The van der Waals surface area contributed by atoms with Crippen LogP contribution in [0.1, 0.15) is 72.6 Å². The van der Waals surface area contributed by atoms with Crippen LogP contribution in [0.4, 0.5) is 0 Å². The lowest BCUT2D eigenvalue weighted by Crippen LogP contribution is -2.62. The number of hydrogen-bond acceptors (Lipinski definition) is 8. The van der Waals surface area contributed by atoms with E-state index in [1.807, 2.05) is 26.0 Å². The molecule has 4 aliphatic rings. The molecule has 0 aromatic heterocycles. The van der Waals surface area contributed by atoms with Crippen molar-refractivity contribution in [2.45, 2.75) is 91.0 Å². The van der Waals surface area contributed by atoms with Crippen LogP contribution in [0, 0.1) is 52.3 Å². The Kier molecular flexibility index (Phi) is 8.52. The molecule has 11 atom stereocenters. The molecule has 0 aliphatic heterocycles. The molecule has 0 amide bonds. The maximum Gasteiger partial charge on any atom is 0.397 e. The van der Waals surface area contributed by atoms with Gasteiger partial charge in [0, 0.05) is 5.92 Å². The zero-order chi connectivity index (χ0) is 28.3. The first kappa shape index (κ1) is 30.4. The van der Waals surface area contributed by atoms with Crippen molar-refractivity contribution in [3.63, 3.8) is 0 Å². The lowest BCUT2D eigenvalue weighted by Gasteiger charge is -2.63. The normalized spacial score (nSPS) is 44.6. The monoisotopic (exact) mass is 580 g/mol. The fourth-order valence-electron chi connectivity index (χ4n) is 9.27. The Labute approximate surface area is 227 Å². The Bertz CT molecular complexity index is 1110. The van der Waals surface area contributed by atoms with Crippen molar-refractivity contribution in [3.8, 4) is 0 Å². The molecule has 0 aromatic carbocycles. The van der Waals surface area contributed by atoms with E-state index in [0.717, 1.165) is 19.3 Å². The first-order valence-corrected chi connectivity index (χ1v) is 16.5.